The van der Waals surface area contributed by atoms with Crippen LogP contribution in [0.5, 0.6) is 0 Å². The summed E-state index contributed by atoms with van der Waals surface area (Å²) in [5.41, 5.74) is 0. The molecule has 0 radical (unpaired) electrons. The van der Waals surface area contributed by atoms with Crippen molar-refractivity contribution < 1.29 is 18.6 Å². The Balaban J connectivity index is 4.18. The molecule has 0 aromatic rings. The van der Waals surface area contributed by atoms with Gasteiger partial charge in [0.05, 0.1) is 12.8 Å². The first-order chi connectivity index (χ1) is 5.54. The van der Waals surface area contributed by atoms with Crippen LogP contribution in [0.1, 0.15) is 13.8 Å². The molecule has 0 fully saturated rings. The zero-order chi connectivity index (χ0) is 9.61. The largest absolute Gasteiger partial charge is 0.375 e. The summed E-state index contributed by atoms with van der Waals surface area (Å²) in [6, 6.07) is 0. The molecule has 0 rings (SSSR count). The van der Waals surface area contributed by atoms with Crippen LogP contribution in [0.15, 0.2) is 0 Å². The fraction of sp³-hybridized carbons (Fsp3) is 0.857. The zero-order valence-corrected chi connectivity index (χ0v) is 8.60. The van der Waals surface area contributed by atoms with E-state index in [1.807, 2.05) is 0 Å². The molecule has 0 aliphatic rings. The van der Waals surface area contributed by atoms with Gasteiger partial charge in [-0.15, -0.1) is 0 Å². The minimum atomic E-state index is -2.85. The van der Waals surface area contributed by atoms with Gasteiger partial charge in [-0.25, -0.2) is 0 Å². The highest BCUT2D eigenvalue weighted by molar-refractivity contribution is 7.59. The molecule has 5 heteroatoms. The smallest absolute Gasteiger partial charge is 0.235 e. The number of hydrogen-bond donors (Lipinski definition) is 0. The Labute approximate surface area is 72.7 Å². The highest BCUT2D eigenvalue weighted by atomic mass is 31.2. The van der Waals surface area contributed by atoms with E-state index in [9.17, 15) is 9.36 Å². The predicted molar refractivity (Wildman–Crippen MR) is 46.7 cm³/mol. The molecule has 0 aliphatic carbocycles. The van der Waals surface area contributed by atoms with Crippen LogP contribution in [0, 0.1) is 0 Å². The van der Waals surface area contributed by atoms with Crippen LogP contribution in [0.25, 0.3) is 0 Å². The first-order valence-corrected chi connectivity index (χ1v) is 5.74. The maximum absolute atomic E-state index is 11.7. The van der Waals surface area contributed by atoms with E-state index in [2.05, 4.69) is 0 Å². The van der Waals surface area contributed by atoms with E-state index >= 15 is 0 Å². The summed E-state index contributed by atoms with van der Waals surface area (Å²) in [6.07, 6.45) is -0.0188. The number of rotatable bonds is 6. The molecular formula is C7H15O4P. The number of Topliss-reactive ketones (excluding diaryl/α,β-unsaturated/α-hetero) is 1. The monoisotopic (exact) mass is 194 g/mol. The van der Waals surface area contributed by atoms with Crippen molar-refractivity contribution in [2.75, 3.05) is 26.2 Å². The molecule has 72 valence electrons. The summed E-state index contributed by atoms with van der Waals surface area (Å²) < 4.78 is 21.4. The van der Waals surface area contributed by atoms with Crippen LogP contribution >= 0.6 is 7.37 Å². The Morgan fingerprint density at radius 1 is 1.50 bits per heavy atom. The predicted octanol–water partition coefficient (Wildman–Crippen LogP) is 1.49. The van der Waals surface area contributed by atoms with Crippen LogP contribution < -0.4 is 0 Å². The molecule has 0 saturated carbocycles. The van der Waals surface area contributed by atoms with Gasteiger partial charge in [0.15, 0.2) is 0 Å². The lowest BCUT2D eigenvalue weighted by atomic mass is 10.5. The Morgan fingerprint density at radius 2 is 2.08 bits per heavy atom. The molecule has 0 aromatic carbocycles. The van der Waals surface area contributed by atoms with Crippen LogP contribution in [-0.2, 0) is 18.6 Å². The minimum absolute atomic E-state index is 0.0143. The van der Waals surface area contributed by atoms with Gasteiger partial charge in [0.25, 0.3) is 0 Å². The lowest BCUT2D eigenvalue weighted by molar-refractivity contribution is -0.114. The molecule has 0 aliphatic heterocycles. The SMILES string of the molecule is CCOP(=O)(COC)CC(C)=O. The van der Waals surface area contributed by atoms with Gasteiger partial charge in [-0.2, -0.15) is 0 Å². The quantitative estimate of drug-likeness (QED) is 0.601. The van der Waals surface area contributed by atoms with Gasteiger partial charge in [-0.3, -0.25) is 9.36 Å². The van der Waals surface area contributed by atoms with Crippen molar-refractivity contribution in [3.63, 3.8) is 0 Å². The number of ketones is 1. The second-order valence-corrected chi connectivity index (χ2v) is 4.97. The van der Waals surface area contributed by atoms with Crippen molar-refractivity contribution in [2.45, 2.75) is 13.8 Å². The van der Waals surface area contributed by atoms with Crippen molar-refractivity contribution in [1.29, 1.82) is 0 Å². The molecule has 1 atom stereocenters. The van der Waals surface area contributed by atoms with Crippen molar-refractivity contribution >= 4 is 13.2 Å². The summed E-state index contributed by atoms with van der Waals surface area (Å²) in [5.74, 6) is -0.135. The molecule has 0 bridgehead atoms. The summed E-state index contributed by atoms with van der Waals surface area (Å²) in [4.78, 5) is 10.7. The molecule has 12 heavy (non-hydrogen) atoms. The maximum atomic E-state index is 11.7. The van der Waals surface area contributed by atoms with E-state index in [4.69, 9.17) is 9.26 Å². The third kappa shape index (κ3) is 4.65. The minimum Gasteiger partial charge on any atom is -0.375 e. The number of methoxy groups -OCH3 is 1. The molecule has 0 spiro atoms. The van der Waals surface area contributed by atoms with Crippen molar-refractivity contribution in [2.24, 2.45) is 0 Å². The molecule has 1 unspecified atom stereocenters. The van der Waals surface area contributed by atoms with E-state index in [0.717, 1.165) is 0 Å². The van der Waals surface area contributed by atoms with E-state index in [0.29, 0.717) is 6.61 Å². The molecule has 0 amide bonds. The third-order valence-electron chi connectivity index (χ3n) is 1.15. The number of hydrogen-bond acceptors (Lipinski definition) is 4. The average Bonchev–Trinajstić information content (AvgIpc) is 1.85. The number of carbonyl (C=O) groups is 1. The lowest BCUT2D eigenvalue weighted by Crippen LogP contribution is -2.07. The van der Waals surface area contributed by atoms with Crippen molar-refractivity contribution in [3.8, 4) is 0 Å². The van der Waals surface area contributed by atoms with Crippen molar-refractivity contribution in [3.05, 3.63) is 0 Å². The Bertz CT molecular complexity index is 180. The lowest BCUT2D eigenvalue weighted by Gasteiger charge is -2.14. The first-order valence-electron chi connectivity index (χ1n) is 3.75. The normalized spacial score (nSPS) is 15.6. The van der Waals surface area contributed by atoms with Crippen LogP contribution in [-0.4, -0.2) is 32.0 Å². The van der Waals surface area contributed by atoms with Gasteiger partial charge >= 0.3 is 0 Å². The number of carbonyl (C=O) groups excluding carboxylic acids is 1. The summed E-state index contributed by atoms with van der Waals surface area (Å²) >= 11 is 0. The highest BCUT2D eigenvalue weighted by Gasteiger charge is 2.24. The summed E-state index contributed by atoms with van der Waals surface area (Å²) in [6.45, 7) is 3.47. The second-order valence-electron chi connectivity index (χ2n) is 2.51. The molecular weight excluding hydrogens is 179 g/mol. The molecule has 4 nitrogen and oxygen atoms in total. The molecule has 0 aromatic heterocycles. The third-order valence-corrected chi connectivity index (χ3v) is 3.46. The van der Waals surface area contributed by atoms with Gasteiger partial charge < -0.3 is 9.26 Å². The maximum Gasteiger partial charge on any atom is 0.235 e. The average molecular weight is 194 g/mol. The van der Waals surface area contributed by atoms with E-state index < -0.39 is 7.37 Å². The van der Waals surface area contributed by atoms with Crippen LogP contribution in [0.3, 0.4) is 0 Å². The second kappa shape index (κ2) is 5.46. The van der Waals surface area contributed by atoms with E-state index in [-0.39, 0.29) is 18.3 Å². The standard InChI is InChI=1S/C7H15O4P/c1-4-11-12(9,6-10-3)5-7(2)8/h4-6H2,1-3H3. The van der Waals surface area contributed by atoms with Crippen LogP contribution in [0.4, 0.5) is 0 Å². The Morgan fingerprint density at radius 3 is 2.42 bits per heavy atom. The van der Waals surface area contributed by atoms with Gasteiger partial charge in [-0.05, 0) is 13.8 Å². The molecule has 0 saturated heterocycles. The fourth-order valence-corrected chi connectivity index (χ4v) is 2.70. The Kier molecular flexibility index (Phi) is 5.38. The van der Waals surface area contributed by atoms with Crippen molar-refractivity contribution in [1.82, 2.24) is 0 Å². The highest BCUT2D eigenvalue weighted by Crippen LogP contribution is 2.46. The fourth-order valence-electron chi connectivity index (χ4n) is 0.900. The summed E-state index contributed by atoms with van der Waals surface area (Å²) in [7, 11) is -1.41. The Hall–Kier alpha value is -0.180. The van der Waals surface area contributed by atoms with Gasteiger partial charge in [0.1, 0.15) is 12.1 Å². The topological polar surface area (TPSA) is 52.6 Å². The van der Waals surface area contributed by atoms with Gasteiger partial charge in [-0.1, -0.05) is 0 Å². The molecule has 0 heterocycles. The summed E-state index contributed by atoms with van der Waals surface area (Å²) in [5, 5.41) is 0. The van der Waals surface area contributed by atoms with Gasteiger partial charge in [0.2, 0.25) is 7.37 Å². The molecule has 0 N–H and O–H groups in total. The van der Waals surface area contributed by atoms with E-state index in [1.54, 1.807) is 6.92 Å². The van der Waals surface area contributed by atoms with E-state index in [1.165, 1.54) is 14.0 Å². The number of ether oxygens (including phenoxy) is 1. The van der Waals surface area contributed by atoms with Crippen LogP contribution in [0.2, 0.25) is 0 Å². The van der Waals surface area contributed by atoms with Gasteiger partial charge in [0, 0.05) is 7.11 Å². The first kappa shape index (κ1) is 11.8. The zero-order valence-electron chi connectivity index (χ0n) is 7.70.